The topological polar surface area (TPSA) is 70.6 Å². The number of hydrogen-bond acceptors (Lipinski definition) is 5. The number of benzene rings is 2. The first-order valence-corrected chi connectivity index (χ1v) is 11.3. The van der Waals surface area contributed by atoms with E-state index in [4.69, 9.17) is 11.6 Å². The molecule has 2 heterocycles. The molecule has 6 nitrogen and oxygen atoms in total. The van der Waals surface area contributed by atoms with E-state index in [2.05, 4.69) is 4.98 Å². The third-order valence-electron chi connectivity index (χ3n) is 5.05. The minimum absolute atomic E-state index is 0.0193. The van der Waals surface area contributed by atoms with Gasteiger partial charge in [-0.2, -0.15) is 0 Å². The molecular formula is C22H20ClN3O3S. The van der Waals surface area contributed by atoms with Crippen molar-refractivity contribution in [2.24, 2.45) is 0 Å². The third kappa shape index (κ3) is 4.17. The van der Waals surface area contributed by atoms with Crippen LogP contribution in [0.25, 0.3) is 0 Å². The zero-order valence-corrected chi connectivity index (χ0v) is 17.7. The van der Waals surface area contributed by atoms with Crippen LogP contribution in [0, 0.1) is 0 Å². The van der Waals surface area contributed by atoms with Crippen molar-refractivity contribution < 1.29 is 13.2 Å². The largest absolute Gasteiger partial charge is 0.362 e. The Morgan fingerprint density at radius 2 is 1.83 bits per heavy atom. The van der Waals surface area contributed by atoms with Crippen molar-refractivity contribution in [1.82, 2.24) is 9.29 Å². The van der Waals surface area contributed by atoms with Gasteiger partial charge in [0.2, 0.25) is 0 Å². The summed E-state index contributed by atoms with van der Waals surface area (Å²) in [5.74, 6) is -0.495. The maximum atomic E-state index is 13.3. The zero-order chi connectivity index (χ0) is 21.1. The Morgan fingerprint density at radius 1 is 1.07 bits per heavy atom. The van der Waals surface area contributed by atoms with Crippen molar-refractivity contribution in [3.8, 4) is 0 Å². The molecule has 0 bridgehead atoms. The smallest absolute Gasteiger partial charge is 0.268 e. The predicted octanol–water partition coefficient (Wildman–Crippen LogP) is 3.52. The number of rotatable bonds is 6. The summed E-state index contributed by atoms with van der Waals surface area (Å²) in [5, 5.41) is 0.542. The molecule has 4 rings (SSSR count). The molecule has 0 fully saturated rings. The first-order chi connectivity index (χ1) is 14.4. The lowest BCUT2D eigenvalue weighted by atomic mass is 10.2. The van der Waals surface area contributed by atoms with E-state index < -0.39 is 15.9 Å². The molecule has 0 saturated heterocycles. The SMILES string of the molecule is O=C(CN1CCc2ccccc21)N(Cc1ccc(Cl)cc1)S(=O)(=O)c1cccnc1. The van der Waals surface area contributed by atoms with E-state index in [1.165, 1.54) is 24.5 Å². The summed E-state index contributed by atoms with van der Waals surface area (Å²) in [7, 11) is -4.07. The fraction of sp³-hybridized carbons (Fsp3) is 0.182. The van der Waals surface area contributed by atoms with Crippen molar-refractivity contribution in [2.75, 3.05) is 18.0 Å². The minimum Gasteiger partial charge on any atom is -0.362 e. The number of sulfonamides is 1. The van der Waals surface area contributed by atoms with Gasteiger partial charge in [0.05, 0.1) is 13.1 Å². The highest BCUT2D eigenvalue weighted by molar-refractivity contribution is 7.89. The highest BCUT2D eigenvalue weighted by Crippen LogP contribution is 2.28. The van der Waals surface area contributed by atoms with Gasteiger partial charge in [0.1, 0.15) is 4.90 Å². The number of carbonyl (C=O) groups excluding carboxylic acids is 1. The summed E-state index contributed by atoms with van der Waals surface area (Å²) < 4.78 is 27.5. The highest BCUT2D eigenvalue weighted by atomic mass is 35.5. The Balaban J connectivity index is 1.64. The molecule has 2 aromatic carbocycles. The number of aromatic nitrogens is 1. The molecule has 30 heavy (non-hydrogen) atoms. The lowest BCUT2D eigenvalue weighted by Crippen LogP contribution is -2.43. The van der Waals surface area contributed by atoms with Crippen LogP contribution < -0.4 is 4.90 Å². The number of anilines is 1. The van der Waals surface area contributed by atoms with E-state index in [-0.39, 0.29) is 18.0 Å². The first kappa shape index (κ1) is 20.4. The summed E-state index contributed by atoms with van der Waals surface area (Å²) in [4.78, 5) is 19.1. The number of carbonyl (C=O) groups is 1. The van der Waals surface area contributed by atoms with Crippen LogP contribution in [-0.4, -0.2) is 36.7 Å². The number of pyridine rings is 1. The van der Waals surface area contributed by atoms with E-state index in [1.807, 2.05) is 29.2 Å². The van der Waals surface area contributed by atoms with Gasteiger partial charge in [-0.1, -0.05) is 41.9 Å². The molecule has 0 radical (unpaired) electrons. The molecule has 0 N–H and O–H groups in total. The quantitative estimate of drug-likeness (QED) is 0.585. The number of halogens is 1. The Kier molecular flexibility index (Phi) is 5.74. The number of amides is 1. The second-order valence-electron chi connectivity index (χ2n) is 7.02. The summed E-state index contributed by atoms with van der Waals surface area (Å²) >= 11 is 5.94. The first-order valence-electron chi connectivity index (χ1n) is 9.48. The molecular weight excluding hydrogens is 422 g/mol. The summed E-state index contributed by atoms with van der Waals surface area (Å²) in [5.41, 5.74) is 2.79. The third-order valence-corrected chi connectivity index (χ3v) is 7.05. The molecule has 1 aromatic heterocycles. The van der Waals surface area contributed by atoms with E-state index in [0.717, 1.165) is 22.0 Å². The molecule has 0 atom stereocenters. The summed E-state index contributed by atoms with van der Waals surface area (Å²) in [6, 6.07) is 17.6. The normalized spacial score (nSPS) is 13.2. The van der Waals surface area contributed by atoms with Crippen molar-refractivity contribution in [3.63, 3.8) is 0 Å². The van der Waals surface area contributed by atoms with Gasteiger partial charge in [0.25, 0.3) is 15.9 Å². The van der Waals surface area contributed by atoms with E-state index in [1.54, 1.807) is 24.3 Å². The molecule has 3 aromatic rings. The van der Waals surface area contributed by atoms with Gasteiger partial charge in [-0.3, -0.25) is 9.78 Å². The van der Waals surface area contributed by atoms with Crippen LogP contribution in [0.3, 0.4) is 0 Å². The maximum Gasteiger partial charge on any atom is 0.268 e. The maximum absolute atomic E-state index is 13.3. The van der Waals surface area contributed by atoms with Crippen LogP contribution in [-0.2, 0) is 27.8 Å². The standard InChI is InChI=1S/C22H20ClN3O3S/c23-19-9-7-17(8-10-19)15-26(30(28,29)20-5-3-12-24-14-20)22(27)16-25-13-11-18-4-1-2-6-21(18)25/h1-10,12,14H,11,13,15-16H2. The molecule has 8 heteroatoms. The predicted molar refractivity (Wildman–Crippen MR) is 116 cm³/mol. The van der Waals surface area contributed by atoms with Crippen molar-refractivity contribution in [3.05, 3.63) is 89.2 Å². The summed E-state index contributed by atoms with van der Waals surface area (Å²) in [6.07, 6.45) is 3.57. The number of hydrogen-bond donors (Lipinski definition) is 0. The molecule has 0 aliphatic carbocycles. The fourth-order valence-corrected chi connectivity index (χ4v) is 4.97. The van der Waals surface area contributed by atoms with Crippen molar-refractivity contribution >= 4 is 33.2 Å². The van der Waals surface area contributed by atoms with Gasteiger partial charge in [-0.25, -0.2) is 12.7 Å². The second kappa shape index (κ2) is 8.45. The lowest BCUT2D eigenvalue weighted by Gasteiger charge is -2.26. The minimum atomic E-state index is -4.07. The summed E-state index contributed by atoms with van der Waals surface area (Å²) in [6.45, 7) is 0.569. The zero-order valence-electron chi connectivity index (χ0n) is 16.1. The molecule has 154 valence electrons. The van der Waals surface area contributed by atoms with E-state index >= 15 is 0 Å². The van der Waals surface area contributed by atoms with Crippen LogP contribution in [0.1, 0.15) is 11.1 Å². The number of nitrogens with zero attached hydrogens (tertiary/aromatic N) is 3. The van der Waals surface area contributed by atoms with Gasteiger partial charge in [0.15, 0.2) is 0 Å². The van der Waals surface area contributed by atoms with Crippen molar-refractivity contribution in [2.45, 2.75) is 17.9 Å². The Labute approximate surface area is 180 Å². The van der Waals surface area contributed by atoms with Crippen LogP contribution in [0.4, 0.5) is 5.69 Å². The average Bonchev–Trinajstić information content (AvgIpc) is 3.16. The molecule has 0 saturated carbocycles. The van der Waals surface area contributed by atoms with Gasteiger partial charge in [-0.05, 0) is 47.9 Å². The average molecular weight is 442 g/mol. The van der Waals surface area contributed by atoms with Crippen LogP contribution in [0.5, 0.6) is 0 Å². The Morgan fingerprint density at radius 3 is 2.57 bits per heavy atom. The fourth-order valence-electron chi connectivity index (χ4n) is 3.50. The van der Waals surface area contributed by atoms with Crippen molar-refractivity contribution in [1.29, 1.82) is 0 Å². The van der Waals surface area contributed by atoms with E-state index in [9.17, 15) is 13.2 Å². The monoisotopic (exact) mass is 441 g/mol. The Hall–Kier alpha value is -2.90. The van der Waals surface area contributed by atoms with Gasteiger partial charge in [0, 0.05) is 29.6 Å². The second-order valence-corrected chi connectivity index (χ2v) is 9.32. The molecule has 1 aliphatic rings. The van der Waals surface area contributed by atoms with Gasteiger partial charge < -0.3 is 4.90 Å². The molecule has 1 aliphatic heterocycles. The van der Waals surface area contributed by atoms with Crippen LogP contribution in [0.15, 0.2) is 78.0 Å². The Bertz CT molecular complexity index is 1150. The van der Waals surface area contributed by atoms with Crippen LogP contribution >= 0.6 is 11.6 Å². The molecule has 1 amide bonds. The molecule has 0 unspecified atom stereocenters. The number of para-hydroxylation sites is 1. The van der Waals surface area contributed by atoms with Crippen LogP contribution in [0.2, 0.25) is 5.02 Å². The number of fused-ring (bicyclic) bond motifs is 1. The highest BCUT2D eigenvalue weighted by Gasteiger charge is 2.32. The molecule has 0 spiro atoms. The van der Waals surface area contributed by atoms with Gasteiger partial charge in [-0.15, -0.1) is 0 Å². The van der Waals surface area contributed by atoms with E-state index in [0.29, 0.717) is 17.1 Å². The van der Waals surface area contributed by atoms with Gasteiger partial charge >= 0.3 is 0 Å². The lowest BCUT2D eigenvalue weighted by molar-refractivity contribution is -0.125.